The molecule has 0 spiro atoms. The maximum absolute atomic E-state index is 10.8. The lowest BCUT2D eigenvalue weighted by molar-refractivity contribution is -0.127. The molecule has 0 rings (SSSR count). The van der Waals surface area contributed by atoms with Gasteiger partial charge in [-0.15, -0.1) is 0 Å². The summed E-state index contributed by atoms with van der Waals surface area (Å²) < 4.78 is 0. The van der Waals surface area contributed by atoms with E-state index in [-0.39, 0.29) is 5.91 Å². The first-order chi connectivity index (χ1) is 5.11. The molecule has 0 fully saturated rings. The van der Waals surface area contributed by atoms with E-state index >= 15 is 0 Å². The molecule has 0 heterocycles. The van der Waals surface area contributed by atoms with Crippen LogP contribution in [0.3, 0.4) is 0 Å². The molecular formula is C7H14N2O2. The highest BCUT2D eigenvalue weighted by molar-refractivity contribution is 5.86. The average Bonchev–Trinajstić information content (AvgIpc) is 1.99. The second-order valence-corrected chi connectivity index (χ2v) is 2.28. The Morgan fingerprint density at radius 1 is 1.45 bits per heavy atom. The minimum Gasteiger partial charge on any atom is -0.368 e. The van der Waals surface area contributed by atoms with Crippen molar-refractivity contribution in [1.82, 2.24) is 5.32 Å². The number of nitrogens with two attached hydrogens (primary N) is 1. The Kier molecular flexibility index (Phi) is 4.26. The monoisotopic (exact) mass is 158 g/mol. The molecule has 0 aliphatic carbocycles. The maximum Gasteiger partial charge on any atom is 0.239 e. The summed E-state index contributed by atoms with van der Waals surface area (Å²) >= 11 is 0. The SMILES string of the molecule is CCC(=O)NC(CC)C(N)=O. The summed E-state index contributed by atoms with van der Waals surface area (Å²) in [5.41, 5.74) is 5.00. The fourth-order valence-electron chi connectivity index (χ4n) is 0.671. The molecule has 0 aliphatic heterocycles. The van der Waals surface area contributed by atoms with Crippen molar-refractivity contribution in [2.75, 3.05) is 0 Å². The summed E-state index contributed by atoms with van der Waals surface area (Å²) in [5.74, 6) is -0.620. The molecule has 4 heteroatoms. The maximum atomic E-state index is 10.8. The van der Waals surface area contributed by atoms with Gasteiger partial charge in [0.1, 0.15) is 6.04 Å². The average molecular weight is 158 g/mol. The van der Waals surface area contributed by atoms with Gasteiger partial charge in [-0.2, -0.15) is 0 Å². The number of carbonyl (C=O) groups excluding carboxylic acids is 2. The Labute approximate surface area is 66.1 Å². The summed E-state index contributed by atoms with van der Waals surface area (Å²) in [7, 11) is 0. The van der Waals surface area contributed by atoms with Crippen molar-refractivity contribution in [1.29, 1.82) is 0 Å². The predicted molar refractivity (Wildman–Crippen MR) is 41.7 cm³/mol. The van der Waals surface area contributed by atoms with E-state index in [2.05, 4.69) is 5.32 Å². The van der Waals surface area contributed by atoms with Gasteiger partial charge in [-0.05, 0) is 6.42 Å². The second-order valence-electron chi connectivity index (χ2n) is 2.28. The van der Waals surface area contributed by atoms with Crippen LogP contribution >= 0.6 is 0 Å². The first-order valence-corrected chi connectivity index (χ1v) is 3.70. The minimum absolute atomic E-state index is 0.143. The van der Waals surface area contributed by atoms with Crippen molar-refractivity contribution in [2.45, 2.75) is 32.7 Å². The van der Waals surface area contributed by atoms with Crippen LogP contribution in [0, 0.1) is 0 Å². The Morgan fingerprint density at radius 2 is 2.00 bits per heavy atom. The Bertz CT molecular complexity index is 157. The number of rotatable bonds is 4. The molecule has 0 saturated carbocycles. The summed E-state index contributed by atoms with van der Waals surface area (Å²) in [6, 6.07) is -0.512. The molecule has 0 aromatic rings. The van der Waals surface area contributed by atoms with Crippen LogP contribution in [-0.2, 0) is 9.59 Å². The van der Waals surface area contributed by atoms with Crippen LogP contribution in [0.25, 0.3) is 0 Å². The van der Waals surface area contributed by atoms with Gasteiger partial charge in [0.15, 0.2) is 0 Å². The van der Waals surface area contributed by atoms with Gasteiger partial charge in [0, 0.05) is 6.42 Å². The van der Waals surface area contributed by atoms with E-state index in [1.807, 2.05) is 0 Å². The van der Waals surface area contributed by atoms with Gasteiger partial charge < -0.3 is 11.1 Å². The number of hydrogen-bond donors (Lipinski definition) is 2. The van der Waals surface area contributed by atoms with Gasteiger partial charge in [0.2, 0.25) is 11.8 Å². The fraction of sp³-hybridized carbons (Fsp3) is 0.714. The molecule has 11 heavy (non-hydrogen) atoms. The van der Waals surface area contributed by atoms with Crippen molar-refractivity contribution in [3.05, 3.63) is 0 Å². The molecule has 0 bridgehead atoms. The van der Waals surface area contributed by atoms with E-state index < -0.39 is 11.9 Å². The van der Waals surface area contributed by atoms with Crippen LogP contribution in [0.2, 0.25) is 0 Å². The van der Waals surface area contributed by atoms with Crippen LogP contribution in [0.4, 0.5) is 0 Å². The standard InChI is InChI=1S/C7H14N2O2/c1-3-5(7(8)11)9-6(10)4-2/h5H,3-4H2,1-2H3,(H2,8,11)(H,9,10). The molecule has 64 valence electrons. The minimum atomic E-state index is -0.512. The lowest BCUT2D eigenvalue weighted by Gasteiger charge is -2.11. The molecule has 1 atom stereocenters. The Balaban J connectivity index is 3.88. The number of nitrogens with one attached hydrogen (secondary N) is 1. The lowest BCUT2D eigenvalue weighted by Crippen LogP contribution is -2.43. The Hall–Kier alpha value is -1.06. The zero-order valence-corrected chi connectivity index (χ0v) is 6.89. The molecule has 0 radical (unpaired) electrons. The summed E-state index contributed by atoms with van der Waals surface area (Å²) in [4.78, 5) is 21.4. The van der Waals surface area contributed by atoms with Crippen LogP contribution < -0.4 is 11.1 Å². The summed E-state index contributed by atoms with van der Waals surface area (Å²) in [6.45, 7) is 3.52. The van der Waals surface area contributed by atoms with Gasteiger partial charge >= 0.3 is 0 Å². The van der Waals surface area contributed by atoms with Crippen LogP contribution in [0.1, 0.15) is 26.7 Å². The lowest BCUT2D eigenvalue weighted by atomic mass is 10.2. The van der Waals surface area contributed by atoms with Crippen molar-refractivity contribution >= 4 is 11.8 Å². The van der Waals surface area contributed by atoms with Gasteiger partial charge in [-0.25, -0.2) is 0 Å². The third-order valence-corrected chi connectivity index (χ3v) is 1.41. The largest absolute Gasteiger partial charge is 0.368 e. The topological polar surface area (TPSA) is 72.2 Å². The van der Waals surface area contributed by atoms with Crippen molar-refractivity contribution < 1.29 is 9.59 Å². The molecular weight excluding hydrogens is 144 g/mol. The van der Waals surface area contributed by atoms with E-state index in [1.54, 1.807) is 13.8 Å². The zero-order chi connectivity index (χ0) is 8.85. The quantitative estimate of drug-likeness (QED) is 0.593. The second kappa shape index (κ2) is 4.71. The van der Waals surface area contributed by atoms with Crippen LogP contribution in [0.5, 0.6) is 0 Å². The number of primary amides is 1. The van der Waals surface area contributed by atoms with Gasteiger partial charge in [-0.3, -0.25) is 9.59 Å². The third kappa shape index (κ3) is 3.60. The van der Waals surface area contributed by atoms with E-state index in [1.165, 1.54) is 0 Å². The molecule has 3 N–H and O–H groups in total. The van der Waals surface area contributed by atoms with Crippen molar-refractivity contribution in [3.8, 4) is 0 Å². The highest BCUT2D eigenvalue weighted by Crippen LogP contribution is 1.89. The number of amides is 2. The molecule has 0 aromatic carbocycles. The smallest absolute Gasteiger partial charge is 0.239 e. The highest BCUT2D eigenvalue weighted by atomic mass is 16.2. The van der Waals surface area contributed by atoms with Gasteiger partial charge in [0.25, 0.3) is 0 Å². The third-order valence-electron chi connectivity index (χ3n) is 1.41. The van der Waals surface area contributed by atoms with E-state index in [0.717, 1.165) is 0 Å². The molecule has 0 saturated heterocycles. The molecule has 0 aliphatic rings. The highest BCUT2D eigenvalue weighted by Gasteiger charge is 2.13. The zero-order valence-electron chi connectivity index (χ0n) is 6.89. The number of carbonyl (C=O) groups is 2. The van der Waals surface area contributed by atoms with E-state index in [0.29, 0.717) is 12.8 Å². The van der Waals surface area contributed by atoms with E-state index in [9.17, 15) is 9.59 Å². The summed E-state index contributed by atoms with van der Waals surface area (Å²) in [6.07, 6.45) is 0.921. The normalized spacial score (nSPS) is 12.2. The van der Waals surface area contributed by atoms with Crippen LogP contribution in [-0.4, -0.2) is 17.9 Å². The molecule has 4 nitrogen and oxygen atoms in total. The first kappa shape index (κ1) is 9.94. The van der Waals surface area contributed by atoms with Crippen molar-refractivity contribution in [2.24, 2.45) is 5.73 Å². The van der Waals surface area contributed by atoms with E-state index in [4.69, 9.17) is 5.73 Å². The van der Waals surface area contributed by atoms with Gasteiger partial charge in [0.05, 0.1) is 0 Å². The van der Waals surface area contributed by atoms with Crippen LogP contribution in [0.15, 0.2) is 0 Å². The van der Waals surface area contributed by atoms with Gasteiger partial charge in [-0.1, -0.05) is 13.8 Å². The first-order valence-electron chi connectivity index (χ1n) is 3.70. The fourth-order valence-corrected chi connectivity index (χ4v) is 0.671. The predicted octanol–water partition coefficient (Wildman–Crippen LogP) is -0.223. The molecule has 2 amide bonds. The van der Waals surface area contributed by atoms with Crippen molar-refractivity contribution in [3.63, 3.8) is 0 Å². The molecule has 0 aromatic heterocycles. The summed E-state index contributed by atoms with van der Waals surface area (Å²) in [5, 5.41) is 2.50. The Morgan fingerprint density at radius 3 is 2.27 bits per heavy atom. The molecule has 1 unspecified atom stereocenters. The number of hydrogen-bond acceptors (Lipinski definition) is 2.